The van der Waals surface area contributed by atoms with Gasteiger partial charge in [0.25, 0.3) is 0 Å². The molecule has 0 radical (unpaired) electrons. The van der Waals surface area contributed by atoms with E-state index in [0.717, 1.165) is 24.5 Å². The zero-order valence-corrected chi connectivity index (χ0v) is 9.94. The van der Waals surface area contributed by atoms with E-state index in [-0.39, 0.29) is 5.58 Å². The molecule has 1 N–H and O–H groups in total. The van der Waals surface area contributed by atoms with E-state index in [2.05, 4.69) is 5.32 Å². The highest BCUT2D eigenvalue weighted by atomic mass is 19.2. The molecule has 0 saturated heterocycles. The average Bonchev–Trinajstić information content (AvgIpc) is 2.65. The van der Waals surface area contributed by atoms with Gasteiger partial charge in [-0.3, -0.25) is 0 Å². The largest absolute Gasteiger partial charge is 0.456 e. The van der Waals surface area contributed by atoms with Gasteiger partial charge < -0.3 is 9.73 Å². The second-order valence-electron chi connectivity index (χ2n) is 4.02. The van der Waals surface area contributed by atoms with Crippen molar-refractivity contribution in [3.8, 4) is 0 Å². The van der Waals surface area contributed by atoms with Gasteiger partial charge in [0.2, 0.25) is 5.82 Å². The van der Waals surface area contributed by atoms with Crippen molar-refractivity contribution in [1.82, 2.24) is 5.32 Å². The molecule has 0 aliphatic carbocycles. The van der Waals surface area contributed by atoms with Crippen molar-refractivity contribution in [3.63, 3.8) is 0 Å². The zero-order valence-electron chi connectivity index (χ0n) is 9.94. The summed E-state index contributed by atoms with van der Waals surface area (Å²) in [6, 6.07) is 2.73. The van der Waals surface area contributed by atoms with E-state index in [1.807, 2.05) is 6.92 Å². The maximum absolute atomic E-state index is 13.6. The summed E-state index contributed by atoms with van der Waals surface area (Å²) in [4.78, 5) is 0. The van der Waals surface area contributed by atoms with E-state index in [4.69, 9.17) is 4.42 Å². The minimum absolute atomic E-state index is 0.0266. The zero-order chi connectivity index (χ0) is 12.4. The second kappa shape index (κ2) is 4.84. The van der Waals surface area contributed by atoms with E-state index < -0.39 is 11.6 Å². The number of nitrogens with one attached hydrogen (secondary N) is 1. The van der Waals surface area contributed by atoms with E-state index >= 15 is 0 Å². The molecule has 0 aliphatic rings. The predicted molar refractivity (Wildman–Crippen MR) is 62.9 cm³/mol. The van der Waals surface area contributed by atoms with Crippen LogP contribution in [0, 0.1) is 11.6 Å². The molecule has 1 aromatic carbocycles. The first-order chi connectivity index (χ1) is 8.19. The van der Waals surface area contributed by atoms with Crippen LogP contribution in [0.3, 0.4) is 0 Å². The molecule has 2 rings (SSSR count). The quantitative estimate of drug-likeness (QED) is 0.884. The Balaban J connectivity index is 2.65. The fourth-order valence-corrected chi connectivity index (χ4v) is 2.03. The Bertz CT molecular complexity index is 534. The van der Waals surface area contributed by atoms with E-state index in [1.54, 1.807) is 13.1 Å². The highest BCUT2D eigenvalue weighted by Gasteiger charge is 2.18. The Morgan fingerprint density at radius 2 is 2.06 bits per heavy atom. The monoisotopic (exact) mass is 239 g/mol. The molecule has 0 unspecified atom stereocenters. The van der Waals surface area contributed by atoms with Gasteiger partial charge in [-0.2, -0.15) is 4.39 Å². The SMILES string of the molecule is CCCc1c(CNC)oc2c(F)c(F)ccc12. The summed E-state index contributed by atoms with van der Waals surface area (Å²) < 4.78 is 32.1. The third-order valence-electron chi connectivity index (χ3n) is 2.77. The Labute approximate surface area is 98.6 Å². The topological polar surface area (TPSA) is 25.2 Å². The van der Waals surface area contributed by atoms with Crippen LogP contribution in [0.25, 0.3) is 11.0 Å². The molecule has 2 aromatic rings. The van der Waals surface area contributed by atoms with Crippen LogP contribution >= 0.6 is 0 Å². The van der Waals surface area contributed by atoms with Crippen LogP contribution in [0.1, 0.15) is 24.7 Å². The smallest absolute Gasteiger partial charge is 0.201 e. The van der Waals surface area contributed by atoms with Crippen molar-refractivity contribution in [2.75, 3.05) is 7.05 Å². The Morgan fingerprint density at radius 1 is 1.29 bits per heavy atom. The molecule has 92 valence electrons. The van der Waals surface area contributed by atoms with Gasteiger partial charge in [0.15, 0.2) is 11.4 Å². The number of benzene rings is 1. The standard InChI is InChI=1S/C13H15F2NO/c1-3-4-8-9-5-6-10(14)12(15)13(9)17-11(8)7-16-2/h5-6,16H,3-4,7H2,1-2H3. The average molecular weight is 239 g/mol. The first-order valence-corrected chi connectivity index (χ1v) is 5.71. The van der Waals surface area contributed by atoms with Gasteiger partial charge in [-0.1, -0.05) is 13.3 Å². The van der Waals surface area contributed by atoms with E-state index in [0.29, 0.717) is 17.7 Å². The lowest BCUT2D eigenvalue weighted by molar-refractivity contribution is 0.471. The summed E-state index contributed by atoms with van der Waals surface area (Å²) >= 11 is 0. The molecular weight excluding hydrogens is 224 g/mol. The molecule has 1 aromatic heterocycles. The Hall–Kier alpha value is -1.42. The summed E-state index contributed by atoms with van der Waals surface area (Å²) in [7, 11) is 1.79. The molecule has 0 spiro atoms. The van der Waals surface area contributed by atoms with Gasteiger partial charge in [0.05, 0.1) is 6.54 Å². The molecule has 17 heavy (non-hydrogen) atoms. The fraction of sp³-hybridized carbons (Fsp3) is 0.385. The molecule has 2 nitrogen and oxygen atoms in total. The van der Waals surface area contributed by atoms with Crippen LogP contribution in [0.2, 0.25) is 0 Å². The predicted octanol–water partition coefficient (Wildman–Crippen LogP) is 3.38. The van der Waals surface area contributed by atoms with Crippen LogP contribution in [-0.4, -0.2) is 7.05 Å². The first-order valence-electron chi connectivity index (χ1n) is 5.71. The van der Waals surface area contributed by atoms with Gasteiger partial charge in [-0.05, 0) is 25.6 Å². The molecule has 0 saturated carbocycles. The maximum Gasteiger partial charge on any atom is 0.201 e. The summed E-state index contributed by atoms with van der Waals surface area (Å²) in [6.45, 7) is 2.56. The Kier molecular flexibility index (Phi) is 3.43. The van der Waals surface area contributed by atoms with Crippen molar-refractivity contribution < 1.29 is 13.2 Å². The van der Waals surface area contributed by atoms with Crippen molar-refractivity contribution in [2.45, 2.75) is 26.3 Å². The van der Waals surface area contributed by atoms with Crippen molar-refractivity contribution >= 4 is 11.0 Å². The lowest BCUT2D eigenvalue weighted by Gasteiger charge is -2.00. The van der Waals surface area contributed by atoms with Gasteiger partial charge in [0.1, 0.15) is 5.76 Å². The molecular formula is C13H15F2NO. The number of hydrogen-bond donors (Lipinski definition) is 1. The van der Waals surface area contributed by atoms with Crippen LogP contribution in [0.15, 0.2) is 16.5 Å². The minimum atomic E-state index is -0.901. The summed E-state index contributed by atoms with van der Waals surface area (Å²) in [5, 5.41) is 3.64. The normalized spacial score (nSPS) is 11.3. The van der Waals surface area contributed by atoms with Gasteiger partial charge in [0, 0.05) is 10.9 Å². The third kappa shape index (κ3) is 2.05. The van der Waals surface area contributed by atoms with E-state index in [9.17, 15) is 8.78 Å². The molecule has 0 fully saturated rings. The number of hydrogen-bond acceptors (Lipinski definition) is 2. The van der Waals surface area contributed by atoms with Crippen LogP contribution in [-0.2, 0) is 13.0 Å². The number of rotatable bonds is 4. The van der Waals surface area contributed by atoms with Gasteiger partial charge in [-0.15, -0.1) is 0 Å². The third-order valence-corrected chi connectivity index (χ3v) is 2.77. The molecule has 0 atom stereocenters. The lowest BCUT2D eigenvalue weighted by Crippen LogP contribution is -2.05. The molecule has 1 heterocycles. The van der Waals surface area contributed by atoms with E-state index in [1.165, 1.54) is 0 Å². The summed E-state index contributed by atoms with van der Waals surface area (Å²) in [6.07, 6.45) is 1.74. The molecule has 4 heteroatoms. The summed E-state index contributed by atoms with van der Waals surface area (Å²) in [5.74, 6) is -1.08. The maximum atomic E-state index is 13.6. The number of halogens is 2. The number of aryl methyl sites for hydroxylation is 1. The van der Waals surface area contributed by atoms with Crippen LogP contribution in [0.4, 0.5) is 8.78 Å². The molecule has 0 bridgehead atoms. The molecule has 0 amide bonds. The van der Waals surface area contributed by atoms with Crippen LogP contribution in [0.5, 0.6) is 0 Å². The van der Waals surface area contributed by atoms with Crippen molar-refractivity contribution in [2.24, 2.45) is 0 Å². The first kappa shape index (κ1) is 12.0. The fourth-order valence-electron chi connectivity index (χ4n) is 2.03. The number of fused-ring (bicyclic) bond motifs is 1. The minimum Gasteiger partial charge on any atom is -0.456 e. The van der Waals surface area contributed by atoms with Gasteiger partial charge in [-0.25, -0.2) is 4.39 Å². The van der Waals surface area contributed by atoms with Crippen LogP contribution < -0.4 is 5.32 Å². The van der Waals surface area contributed by atoms with Gasteiger partial charge >= 0.3 is 0 Å². The second-order valence-corrected chi connectivity index (χ2v) is 4.02. The number of furan rings is 1. The van der Waals surface area contributed by atoms with Crippen molar-refractivity contribution in [1.29, 1.82) is 0 Å². The summed E-state index contributed by atoms with van der Waals surface area (Å²) in [5.41, 5.74) is 0.995. The lowest BCUT2D eigenvalue weighted by atomic mass is 10.1. The highest BCUT2D eigenvalue weighted by molar-refractivity contribution is 5.83. The highest BCUT2D eigenvalue weighted by Crippen LogP contribution is 2.30. The molecule has 0 aliphatic heterocycles. The Morgan fingerprint density at radius 3 is 2.71 bits per heavy atom. The van der Waals surface area contributed by atoms with Crippen molar-refractivity contribution in [3.05, 3.63) is 35.1 Å².